The van der Waals surface area contributed by atoms with Gasteiger partial charge in [-0.25, -0.2) is 4.79 Å². The number of carboxylic acids is 1. The first-order chi connectivity index (χ1) is 12.8. The van der Waals surface area contributed by atoms with E-state index in [0.29, 0.717) is 16.9 Å². The molecular formula is C24H24O3. The van der Waals surface area contributed by atoms with Crippen LogP contribution in [0.2, 0.25) is 0 Å². The van der Waals surface area contributed by atoms with Crippen molar-refractivity contribution in [2.24, 2.45) is 0 Å². The molecule has 0 aliphatic carbocycles. The molecular weight excluding hydrogens is 336 g/mol. The molecule has 3 rings (SSSR count). The highest BCUT2D eigenvalue weighted by molar-refractivity contribution is 6.21. The summed E-state index contributed by atoms with van der Waals surface area (Å²) in [7, 11) is 0. The summed E-state index contributed by atoms with van der Waals surface area (Å²) >= 11 is 0. The number of carbonyl (C=O) groups is 2. The van der Waals surface area contributed by atoms with Crippen molar-refractivity contribution in [2.75, 3.05) is 0 Å². The molecule has 0 atom stereocenters. The molecule has 0 fully saturated rings. The van der Waals surface area contributed by atoms with E-state index >= 15 is 0 Å². The molecule has 3 aromatic rings. The summed E-state index contributed by atoms with van der Waals surface area (Å²) in [5.41, 5.74) is 3.01. The Hall–Kier alpha value is -2.94. The summed E-state index contributed by atoms with van der Waals surface area (Å²) in [6.45, 7) is 8.34. The molecule has 3 aromatic carbocycles. The van der Waals surface area contributed by atoms with Gasteiger partial charge in [0.15, 0.2) is 5.78 Å². The molecule has 0 spiro atoms. The second kappa shape index (κ2) is 7.36. The minimum absolute atomic E-state index is 0.0429. The first-order valence-electron chi connectivity index (χ1n) is 9.24. The Morgan fingerprint density at radius 2 is 1.48 bits per heavy atom. The molecule has 27 heavy (non-hydrogen) atoms. The van der Waals surface area contributed by atoms with Crippen LogP contribution in [-0.2, 0) is 0 Å². The van der Waals surface area contributed by atoms with Gasteiger partial charge in [0.1, 0.15) is 0 Å². The third-order valence-electron chi connectivity index (χ3n) is 5.00. The second-order valence-electron chi connectivity index (χ2n) is 7.50. The molecule has 0 unspecified atom stereocenters. The molecule has 0 heterocycles. The maximum Gasteiger partial charge on any atom is 0.336 e. The fraction of sp³-hybridized carbons (Fsp3) is 0.250. The van der Waals surface area contributed by atoms with E-state index in [0.717, 1.165) is 10.9 Å². The molecule has 0 radical (unpaired) electrons. The lowest BCUT2D eigenvalue weighted by Crippen LogP contribution is -2.13. The van der Waals surface area contributed by atoms with E-state index in [1.807, 2.05) is 36.4 Å². The lowest BCUT2D eigenvalue weighted by Gasteiger charge is -2.17. The lowest BCUT2D eigenvalue weighted by molar-refractivity contribution is 0.0693. The number of benzene rings is 3. The van der Waals surface area contributed by atoms with Crippen LogP contribution in [-0.4, -0.2) is 16.9 Å². The Bertz CT molecular complexity index is 1030. The van der Waals surface area contributed by atoms with Crippen LogP contribution in [0.15, 0.2) is 54.6 Å². The van der Waals surface area contributed by atoms with E-state index in [4.69, 9.17) is 0 Å². The number of fused-ring (bicyclic) bond motifs is 1. The second-order valence-corrected chi connectivity index (χ2v) is 7.50. The van der Waals surface area contributed by atoms with Crippen LogP contribution in [0.5, 0.6) is 0 Å². The maximum absolute atomic E-state index is 13.5. The van der Waals surface area contributed by atoms with Crippen molar-refractivity contribution in [3.05, 3.63) is 82.4 Å². The Morgan fingerprint density at radius 3 is 2.11 bits per heavy atom. The summed E-state index contributed by atoms with van der Waals surface area (Å²) in [6.07, 6.45) is 0. The molecule has 0 aliphatic rings. The van der Waals surface area contributed by atoms with Crippen LogP contribution >= 0.6 is 0 Å². The summed E-state index contributed by atoms with van der Waals surface area (Å²) in [6, 6.07) is 16.6. The van der Waals surface area contributed by atoms with Gasteiger partial charge in [-0.1, -0.05) is 76.2 Å². The fourth-order valence-electron chi connectivity index (χ4n) is 3.45. The molecule has 0 bridgehead atoms. The first-order valence-corrected chi connectivity index (χ1v) is 9.24. The van der Waals surface area contributed by atoms with Gasteiger partial charge >= 0.3 is 5.97 Å². The molecule has 3 heteroatoms. The van der Waals surface area contributed by atoms with Crippen molar-refractivity contribution in [1.82, 2.24) is 0 Å². The lowest BCUT2D eigenvalue weighted by atomic mass is 9.86. The van der Waals surface area contributed by atoms with E-state index < -0.39 is 5.97 Å². The summed E-state index contributed by atoms with van der Waals surface area (Å²) in [5, 5.41) is 11.2. The highest BCUT2D eigenvalue weighted by Crippen LogP contribution is 2.30. The number of ketones is 1. The number of carboxylic acid groups (broad SMARTS) is 1. The van der Waals surface area contributed by atoms with Gasteiger partial charge in [-0.15, -0.1) is 0 Å². The minimum atomic E-state index is -1.09. The molecule has 0 aliphatic heterocycles. The number of hydrogen-bond acceptors (Lipinski definition) is 2. The highest BCUT2D eigenvalue weighted by atomic mass is 16.4. The van der Waals surface area contributed by atoms with Gasteiger partial charge in [0.2, 0.25) is 0 Å². The zero-order valence-corrected chi connectivity index (χ0v) is 16.1. The highest BCUT2D eigenvalue weighted by Gasteiger charge is 2.24. The monoisotopic (exact) mass is 360 g/mol. The van der Waals surface area contributed by atoms with Crippen LogP contribution in [0.3, 0.4) is 0 Å². The molecule has 1 N–H and O–H groups in total. The van der Waals surface area contributed by atoms with Crippen LogP contribution in [0.1, 0.15) is 76.9 Å². The van der Waals surface area contributed by atoms with Gasteiger partial charge in [0.05, 0.1) is 5.56 Å². The Morgan fingerprint density at radius 1 is 0.815 bits per heavy atom. The Balaban J connectivity index is 2.28. The van der Waals surface area contributed by atoms with Gasteiger partial charge in [0, 0.05) is 11.1 Å². The molecule has 0 saturated carbocycles. The van der Waals surface area contributed by atoms with Gasteiger partial charge in [0.25, 0.3) is 0 Å². The van der Waals surface area contributed by atoms with Crippen molar-refractivity contribution >= 4 is 22.5 Å². The predicted molar refractivity (Wildman–Crippen MR) is 109 cm³/mol. The molecule has 0 saturated heterocycles. The van der Waals surface area contributed by atoms with E-state index in [2.05, 4.69) is 33.8 Å². The molecule has 0 amide bonds. The maximum atomic E-state index is 13.5. The van der Waals surface area contributed by atoms with E-state index in [1.54, 1.807) is 6.07 Å². The normalized spacial score (nSPS) is 11.3. The van der Waals surface area contributed by atoms with E-state index in [1.165, 1.54) is 11.6 Å². The van der Waals surface area contributed by atoms with Crippen LogP contribution in [0, 0.1) is 0 Å². The van der Waals surface area contributed by atoms with Gasteiger partial charge in [-0.3, -0.25) is 4.79 Å². The van der Waals surface area contributed by atoms with Crippen LogP contribution in [0.25, 0.3) is 10.8 Å². The summed E-state index contributed by atoms with van der Waals surface area (Å²) in [5.74, 6) is -0.804. The van der Waals surface area contributed by atoms with Gasteiger partial charge < -0.3 is 5.11 Å². The average molecular weight is 360 g/mol. The Kier molecular flexibility index (Phi) is 5.13. The summed E-state index contributed by atoms with van der Waals surface area (Å²) < 4.78 is 0. The third-order valence-corrected chi connectivity index (χ3v) is 5.00. The largest absolute Gasteiger partial charge is 0.478 e. The SMILES string of the molecule is CC(C)c1ccc(C(=O)c2c(C(=O)O)ccc3ccccc23)c(C(C)C)c1. The zero-order valence-electron chi connectivity index (χ0n) is 16.1. The van der Waals surface area contributed by atoms with Crippen molar-refractivity contribution in [3.8, 4) is 0 Å². The zero-order chi connectivity index (χ0) is 19.7. The number of rotatable bonds is 5. The van der Waals surface area contributed by atoms with Crippen LogP contribution in [0.4, 0.5) is 0 Å². The molecule has 3 nitrogen and oxygen atoms in total. The van der Waals surface area contributed by atoms with Gasteiger partial charge in [-0.05, 0) is 39.8 Å². The first kappa shape index (κ1) is 18.8. The van der Waals surface area contributed by atoms with Crippen molar-refractivity contribution in [1.29, 1.82) is 0 Å². The molecule has 138 valence electrons. The molecule has 0 aromatic heterocycles. The minimum Gasteiger partial charge on any atom is -0.478 e. The number of aromatic carboxylic acids is 1. The van der Waals surface area contributed by atoms with Crippen molar-refractivity contribution in [2.45, 2.75) is 39.5 Å². The predicted octanol–water partition coefficient (Wildman–Crippen LogP) is 6.02. The van der Waals surface area contributed by atoms with Crippen molar-refractivity contribution < 1.29 is 14.7 Å². The van der Waals surface area contributed by atoms with E-state index in [-0.39, 0.29) is 22.8 Å². The van der Waals surface area contributed by atoms with E-state index in [9.17, 15) is 14.7 Å². The quantitative estimate of drug-likeness (QED) is 0.566. The summed E-state index contributed by atoms with van der Waals surface area (Å²) in [4.78, 5) is 25.3. The van der Waals surface area contributed by atoms with Gasteiger partial charge in [-0.2, -0.15) is 0 Å². The van der Waals surface area contributed by atoms with Crippen LogP contribution < -0.4 is 0 Å². The number of hydrogen-bond donors (Lipinski definition) is 1. The van der Waals surface area contributed by atoms with Crippen molar-refractivity contribution in [3.63, 3.8) is 0 Å². The fourth-order valence-corrected chi connectivity index (χ4v) is 3.45. The smallest absolute Gasteiger partial charge is 0.336 e. The average Bonchev–Trinajstić information content (AvgIpc) is 2.65. The number of carbonyl (C=O) groups excluding carboxylic acids is 1. The third kappa shape index (κ3) is 3.50. The standard InChI is InChI=1S/C24H24O3/c1-14(2)17-10-11-19(21(13-17)15(3)4)23(25)22-18-8-6-5-7-16(18)9-12-20(22)24(26)27/h5-15H,1-4H3,(H,26,27). The Labute approximate surface area is 159 Å². The topological polar surface area (TPSA) is 54.4 Å².